The first-order chi connectivity index (χ1) is 4.36. The normalized spacial score (nSPS) is 10.0. The number of nitrogens with zero attached hydrogens (tertiary/aromatic N) is 1. The highest BCUT2D eigenvalue weighted by molar-refractivity contribution is 7.09. The average molecular weight is 161 g/mol. The molecular weight excluding hydrogens is 154 g/mol. The van der Waals surface area contributed by atoms with E-state index in [-0.39, 0.29) is 0 Å². The lowest BCUT2D eigenvalue weighted by molar-refractivity contribution is 1.18. The van der Waals surface area contributed by atoms with E-state index in [0.717, 1.165) is 10.7 Å². The van der Waals surface area contributed by atoms with Gasteiger partial charge in [0.05, 0.1) is 16.6 Å². The van der Waals surface area contributed by atoms with Gasteiger partial charge in [-0.2, -0.15) is 0 Å². The van der Waals surface area contributed by atoms with E-state index in [1.807, 2.05) is 18.7 Å². The SMILES string of the molecule is C[CH]c1nc(CCl)cs1. The zero-order valence-electron chi connectivity index (χ0n) is 5.10. The van der Waals surface area contributed by atoms with Gasteiger partial charge in [0.1, 0.15) is 0 Å². The summed E-state index contributed by atoms with van der Waals surface area (Å²) in [5.74, 6) is 0.518. The topological polar surface area (TPSA) is 12.9 Å². The Bertz CT molecular complexity index is 166. The Morgan fingerprint density at radius 3 is 3.00 bits per heavy atom. The molecule has 1 aromatic heterocycles. The molecule has 0 N–H and O–H groups in total. The maximum Gasteiger partial charge on any atom is 0.0963 e. The maximum absolute atomic E-state index is 5.53. The maximum atomic E-state index is 5.53. The van der Waals surface area contributed by atoms with Gasteiger partial charge in [-0.15, -0.1) is 22.9 Å². The molecule has 1 rings (SSSR count). The summed E-state index contributed by atoms with van der Waals surface area (Å²) in [5, 5.41) is 3.02. The van der Waals surface area contributed by atoms with Crippen molar-refractivity contribution < 1.29 is 0 Å². The summed E-state index contributed by atoms with van der Waals surface area (Å²) >= 11 is 7.15. The van der Waals surface area contributed by atoms with Crippen LogP contribution in [-0.4, -0.2) is 4.98 Å². The Kier molecular flexibility index (Phi) is 2.49. The lowest BCUT2D eigenvalue weighted by Crippen LogP contribution is -1.77. The van der Waals surface area contributed by atoms with Gasteiger partial charge in [0.15, 0.2) is 0 Å². The van der Waals surface area contributed by atoms with Crippen LogP contribution >= 0.6 is 22.9 Å². The van der Waals surface area contributed by atoms with Gasteiger partial charge < -0.3 is 0 Å². The molecule has 0 bridgehead atoms. The van der Waals surface area contributed by atoms with Gasteiger partial charge in [-0.1, -0.05) is 6.92 Å². The smallest absolute Gasteiger partial charge is 0.0963 e. The van der Waals surface area contributed by atoms with Crippen molar-refractivity contribution in [2.75, 3.05) is 0 Å². The second-order valence-electron chi connectivity index (χ2n) is 1.60. The molecule has 0 fully saturated rings. The standard InChI is InChI=1S/C6H7ClNS/c1-2-6-8-5(3-7)4-9-6/h2,4H,3H2,1H3. The molecule has 1 nitrogen and oxygen atoms in total. The second-order valence-corrected chi connectivity index (χ2v) is 2.76. The van der Waals surface area contributed by atoms with Crippen molar-refractivity contribution >= 4 is 22.9 Å². The second kappa shape index (κ2) is 3.18. The molecule has 49 valence electrons. The van der Waals surface area contributed by atoms with Gasteiger partial charge in [-0.05, 0) is 0 Å². The van der Waals surface area contributed by atoms with Gasteiger partial charge in [-0.3, -0.25) is 0 Å². The molecule has 0 unspecified atom stereocenters. The highest BCUT2D eigenvalue weighted by Gasteiger charge is 1.96. The number of alkyl halides is 1. The van der Waals surface area contributed by atoms with Crippen LogP contribution in [0.2, 0.25) is 0 Å². The Morgan fingerprint density at radius 2 is 2.67 bits per heavy atom. The van der Waals surface area contributed by atoms with Crippen LogP contribution in [0.1, 0.15) is 17.6 Å². The van der Waals surface area contributed by atoms with E-state index in [0.29, 0.717) is 5.88 Å². The quantitative estimate of drug-likeness (QED) is 0.606. The lowest BCUT2D eigenvalue weighted by atomic mass is 10.5. The Hall–Kier alpha value is -0.0800. The molecule has 0 aliphatic carbocycles. The van der Waals surface area contributed by atoms with Gasteiger partial charge in [0.2, 0.25) is 0 Å². The van der Waals surface area contributed by atoms with E-state index in [9.17, 15) is 0 Å². The number of hydrogen-bond acceptors (Lipinski definition) is 2. The first-order valence-electron chi connectivity index (χ1n) is 2.66. The summed E-state index contributed by atoms with van der Waals surface area (Å²) in [4.78, 5) is 4.18. The van der Waals surface area contributed by atoms with Crippen LogP contribution in [0.5, 0.6) is 0 Å². The zero-order chi connectivity index (χ0) is 6.69. The summed E-state index contributed by atoms with van der Waals surface area (Å²) in [6, 6.07) is 0. The summed E-state index contributed by atoms with van der Waals surface area (Å²) in [7, 11) is 0. The Balaban J connectivity index is 2.74. The molecule has 0 saturated carbocycles. The van der Waals surface area contributed by atoms with Crippen LogP contribution in [0, 0.1) is 6.42 Å². The van der Waals surface area contributed by atoms with E-state index < -0.39 is 0 Å². The molecular formula is C6H7ClNS. The number of aromatic nitrogens is 1. The van der Waals surface area contributed by atoms with Crippen LogP contribution in [-0.2, 0) is 5.88 Å². The molecule has 1 aromatic rings. The molecule has 0 spiro atoms. The molecule has 1 heterocycles. The first kappa shape index (κ1) is 7.03. The Morgan fingerprint density at radius 1 is 1.89 bits per heavy atom. The van der Waals surface area contributed by atoms with Crippen LogP contribution in [0.3, 0.4) is 0 Å². The summed E-state index contributed by atoms with van der Waals surface area (Å²) in [6.45, 7) is 1.97. The van der Waals surface area contributed by atoms with Crippen molar-refractivity contribution in [3.05, 3.63) is 22.5 Å². The molecule has 0 aliphatic rings. The number of hydrogen-bond donors (Lipinski definition) is 0. The van der Waals surface area contributed by atoms with E-state index in [4.69, 9.17) is 11.6 Å². The Labute approximate surface area is 63.7 Å². The third-order valence-electron chi connectivity index (χ3n) is 0.953. The molecule has 0 saturated heterocycles. The van der Waals surface area contributed by atoms with Gasteiger partial charge in [0, 0.05) is 11.8 Å². The first-order valence-corrected chi connectivity index (χ1v) is 4.08. The third kappa shape index (κ3) is 1.66. The van der Waals surface area contributed by atoms with Gasteiger partial charge in [0.25, 0.3) is 0 Å². The molecule has 0 aliphatic heterocycles. The molecule has 0 atom stereocenters. The minimum absolute atomic E-state index is 0.518. The van der Waals surface area contributed by atoms with Crippen molar-refractivity contribution in [3.63, 3.8) is 0 Å². The van der Waals surface area contributed by atoms with E-state index in [1.54, 1.807) is 11.3 Å². The predicted molar refractivity (Wildman–Crippen MR) is 40.7 cm³/mol. The lowest BCUT2D eigenvalue weighted by Gasteiger charge is -1.81. The molecule has 1 radical (unpaired) electrons. The van der Waals surface area contributed by atoms with Crippen molar-refractivity contribution in [1.29, 1.82) is 0 Å². The molecule has 9 heavy (non-hydrogen) atoms. The minimum atomic E-state index is 0.518. The summed E-state index contributed by atoms with van der Waals surface area (Å²) < 4.78 is 0. The molecule has 3 heteroatoms. The fraction of sp³-hybridized carbons (Fsp3) is 0.333. The summed E-state index contributed by atoms with van der Waals surface area (Å²) in [6.07, 6.45) is 1.97. The number of thiazole rings is 1. The fourth-order valence-electron chi connectivity index (χ4n) is 0.517. The van der Waals surface area contributed by atoms with Crippen molar-refractivity contribution in [2.24, 2.45) is 0 Å². The van der Waals surface area contributed by atoms with Crippen molar-refractivity contribution in [1.82, 2.24) is 4.98 Å². The third-order valence-corrected chi connectivity index (χ3v) is 2.19. The number of halogens is 1. The molecule has 0 aromatic carbocycles. The minimum Gasteiger partial charge on any atom is -0.245 e. The van der Waals surface area contributed by atoms with Crippen LogP contribution in [0.15, 0.2) is 5.38 Å². The van der Waals surface area contributed by atoms with Crippen LogP contribution in [0.25, 0.3) is 0 Å². The van der Waals surface area contributed by atoms with Crippen molar-refractivity contribution in [2.45, 2.75) is 12.8 Å². The van der Waals surface area contributed by atoms with Crippen LogP contribution < -0.4 is 0 Å². The highest BCUT2D eigenvalue weighted by Crippen LogP contribution is 2.12. The van der Waals surface area contributed by atoms with Gasteiger partial charge >= 0.3 is 0 Å². The monoisotopic (exact) mass is 160 g/mol. The van der Waals surface area contributed by atoms with E-state index in [2.05, 4.69) is 4.98 Å². The van der Waals surface area contributed by atoms with E-state index >= 15 is 0 Å². The summed E-state index contributed by atoms with van der Waals surface area (Å²) in [5.41, 5.74) is 0.967. The predicted octanol–water partition coefficient (Wildman–Crippen LogP) is 2.45. The highest BCUT2D eigenvalue weighted by atomic mass is 35.5. The fourth-order valence-corrected chi connectivity index (χ4v) is 1.44. The number of rotatable bonds is 2. The molecule has 0 amide bonds. The van der Waals surface area contributed by atoms with Crippen LogP contribution in [0.4, 0.5) is 0 Å². The largest absolute Gasteiger partial charge is 0.245 e. The van der Waals surface area contributed by atoms with E-state index in [1.165, 1.54) is 0 Å². The van der Waals surface area contributed by atoms with Gasteiger partial charge in [-0.25, -0.2) is 4.98 Å². The van der Waals surface area contributed by atoms with Crippen molar-refractivity contribution in [3.8, 4) is 0 Å². The zero-order valence-corrected chi connectivity index (χ0v) is 6.67. The average Bonchev–Trinajstić information content (AvgIpc) is 2.34.